The zero-order valence-electron chi connectivity index (χ0n) is 20.9. The maximum Gasteiger partial charge on any atom is 0.255 e. The number of fused-ring (bicyclic) bond motifs is 1. The maximum atomic E-state index is 12.9. The van der Waals surface area contributed by atoms with Gasteiger partial charge in [0.1, 0.15) is 5.54 Å². The number of rotatable bonds is 2. The van der Waals surface area contributed by atoms with Crippen LogP contribution in [0, 0.1) is 0 Å². The average Bonchev–Trinajstić information content (AvgIpc) is 3.12. The van der Waals surface area contributed by atoms with Gasteiger partial charge in [-0.25, -0.2) is 0 Å². The molecule has 3 aromatic carbocycles. The Labute approximate surface area is 190 Å². The molecule has 0 saturated carbocycles. The minimum absolute atomic E-state index is 0.0632. The Balaban J connectivity index is 0.00000102. The highest BCUT2D eigenvalue weighted by molar-refractivity contribution is 6.01. The van der Waals surface area contributed by atoms with Crippen LogP contribution in [0.15, 0.2) is 84.9 Å². The van der Waals surface area contributed by atoms with Crippen LogP contribution in [0.2, 0.25) is 0 Å². The second-order valence-corrected chi connectivity index (χ2v) is 5.85. The lowest BCUT2D eigenvalue weighted by molar-refractivity contribution is 0.0736. The lowest BCUT2D eigenvalue weighted by atomic mass is 9.77. The average molecular weight is 420 g/mol. The molecular weight excluding hydrogens is 378 g/mol. The fourth-order valence-electron chi connectivity index (χ4n) is 3.72. The molecule has 0 radical (unpaired) electrons. The molecule has 0 aromatic heterocycles. The highest BCUT2D eigenvalue weighted by Gasteiger charge is 2.49. The molecule has 2 nitrogen and oxygen atoms in total. The zero-order valence-corrected chi connectivity index (χ0v) is 20.9. The highest BCUT2D eigenvalue weighted by atomic mass is 16.2. The minimum Gasteiger partial charge on any atom is -0.324 e. The second-order valence-electron chi connectivity index (χ2n) is 5.85. The van der Waals surface area contributed by atoms with Crippen molar-refractivity contribution in [1.82, 2.24) is 4.90 Å². The first-order valence-corrected chi connectivity index (χ1v) is 11.7. The molecule has 0 saturated heterocycles. The van der Waals surface area contributed by atoms with Crippen LogP contribution in [0.3, 0.4) is 0 Å². The summed E-state index contributed by atoms with van der Waals surface area (Å²) in [5.74, 6) is 0.0632. The van der Waals surface area contributed by atoms with Gasteiger partial charge in [0, 0.05) is 12.6 Å². The van der Waals surface area contributed by atoms with E-state index in [1.165, 1.54) is 0 Å². The van der Waals surface area contributed by atoms with Gasteiger partial charge in [-0.2, -0.15) is 0 Å². The van der Waals surface area contributed by atoms with Crippen LogP contribution in [-0.4, -0.2) is 17.9 Å². The van der Waals surface area contributed by atoms with Crippen LogP contribution < -0.4 is 0 Å². The summed E-state index contributed by atoms with van der Waals surface area (Å²) in [5.41, 5.74) is 3.46. The summed E-state index contributed by atoms with van der Waals surface area (Å²) in [7, 11) is 1.89. The number of hydrogen-bond donors (Lipinski definition) is 0. The summed E-state index contributed by atoms with van der Waals surface area (Å²) in [4.78, 5) is 14.7. The van der Waals surface area contributed by atoms with E-state index in [0.29, 0.717) is 0 Å². The van der Waals surface area contributed by atoms with Crippen LogP contribution in [0.25, 0.3) is 0 Å². The van der Waals surface area contributed by atoms with E-state index in [0.717, 1.165) is 22.3 Å². The molecule has 0 unspecified atom stereocenters. The van der Waals surface area contributed by atoms with Gasteiger partial charge in [-0.3, -0.25) is 4.79 Å². The molecule has 0 aliphatic carbocycles. The third-order valence-electron chi connectivity index (χ3n) is 4.74. The van der Waals surface area contributed by atoms with Gasteiger partial charge >= 0.3 is 0 Å². The summed E-state index contributed by atoms with van der Waals surface area (Å²) >= 11 is 0. The number of carbonyl (C=O) groups excluding carboxylic acids is 1. The van der Waals surface area contributed by atoms with Crippen molar-refractivity contribution in [2.24, 2.45) is 0 Å². The van der Waals surface area contributed by atoms with E-state index in [2.05, 4.69) is 30.3 Å². The molecule has 3 aromatic rings. The van der Waals surface area contributed by atoms with Gasteiger partial charge in [0.25, 0.3) is 5.91 Å². The molecule has 2 heteroatoms. The Kier molecular flexibility index (Phi) is 13.6. The van der Waals surface area contributed by atoms with E-state index in [9.17, 15) is 4.79 Å². The maximum absolute atomic E-state index is 12.9. The van der Waals surface area contributed by atoms with Crippen molar-refractivity contribution in [3.05, 3.63) is 107 Å². The first kappa shape index (κ1) is 28.1. The topological polar surface area (TPSA) is 20.3 Å². The van der Waals surface area contributed by atoms with Crippen molar-refractivity contribution >= 4 is 5.91 Å². The van der Waals surface area contributed by atoms with Crippen molar-refractivity contribution in [3.63, 3.8) is 0 Å². The van der Waals surface area contributed by atoms with Gasteiger partial charge < -0.3 is 4.90 Å². The Hall–Kier alpha value is -2.87. The Morgan fingerprint density at radius 2 is 0.903 bits per heavy atom. The number of benzene rings is 3. The standard InChI is InChI=1S/C21H17NO.4C2H6/c1-22-20(23)18-14-8-9-15-19(18)21(22,16-10-4-2-5-11-16)17-12-6-3-7-13-17;4*1-2/h2-15H,1H3;4*1-2H3. The van der Waals surface area contributed by atoms with E-state index in [1.54, 1.807) is 0 Å². The van der Waals surface area contributed by atoms with Crippen molar-refractivity contribution < 1.29 is 4.79 Å². The smallest absolute Gasteiger partial charge is 0.255 e. The van der Waals surface area contributed by atoms with Crippen LogP contribution in [0.5, 0.6) is 0 Å². The Morgan fingerprint density at radius 1 is 0.548 bits per heavy atom. The number of nitrogens with zero attached hydrogens (tertiary/aromatic N) is 1. The summed E-state index contributed by atoms with van der Waals surface area (Å²) in [6.07, 6.45) is 0. The van der Waals surface area contributed by atoms with Gasteiger partial charge in [0.15, 0.2) is 0 Å². The van der Waals surface area contributed by atoms with Crippen molar-refractivity contribution in [2.45, 2.75) is 60.9 Å². The largest absolute Gasteiger partial charge is 0.324 e. The first-order valence-electron chi connectivity index (χ1n) is 11.7. The van der Waals surface area contributed by atoms with Crippen LogP contribution in [0.1, 0.15) is 82.4 Å². The number of amides is 1. The summed E-state index contributed by atoms with van der Waals surface area (Å²) in [6, 6.07) is 28.4. The van der Waals surface area contributed by atoms with Crippen molar-refractivity contribution in [1.29, 1.82) is 0 Å². The van der Waals surface area contributed by atoms with E-state index < -0.39 is 5.54 Å². The second kappa shape index (κ2) is 15.0. The molecule has 0 bridgehead atoms. The van der Waals surface area contributed by atoms with E-state index in [4.69, 9.17) is 0 Å². The molecule has 0 spiro atoms. The van der Waals surface area contributed by atoms with Gasteiger partial charge in [0.05, 0.1) is 0 Å². The number of carbonyl (C=O) groups is 1. The van der Waals surface area contributed by atoms with Gasteiger partial charge in [0.2, 0.25) is 0 Å². The summed E-state index contributed by atoms with van der Waals surface area (Å²) in [6.45, 7) is 16.0. The molecule has 0 atom stereocenters. The molecule has 1 heterocycles. The van der Waals surface area contributed by atoms with Crippen molar-refractivity contribution in [3.8, 4) is 0 Å². The molecule has 0 N–H and O–H groups in total. The predicted molar refractivity (Wildman–Crippen MR) is 137 cm³/mol. The lowest BCUT2D eigenvalue weighted by Crippen LogP contribution is -2.43. The quantitative estimate of drug-likeness (QED) is 0.410. The molecule has 0 fully saturated rings. The lowest BCUT2D eigenvalue weighted by Gasteiger charge is -2.38. The Morgan fingerprint density at radius 3 is 1.32 bits per heavy atom. The third kappa shape index (κ3) is 5.44. The van der Waals surface area contributed by atoms with Crippen LogP contribution >= 0.6 is 0 Å². The third-order valence-corrected chi connectivity index (χ3v) is 4.74. The molecule has 1 aliphatic heterocycles. The molecule has 1 aliphatic rings. The van der Waals surface area contributed by atoms with E-state index in [-0.39, 0.29) is 5.91 Å². The molecule has 168 valence electrons. The molecule has 1 amide bonds. The first-order chi connectivity index (χ1) is 15.3. The van der Waals surface area contributed by atoms with Crippen molar-refractivity contribution in [2.75, 3.05) is 7.05 Å². The molecule has 4 rings (SSSR count). The minimum atomic E-state index is -0.573. The highest BCUT2D eigenvalue weighted by Crippen LogP contribution is 2.47. The van der Waals surface area contributed by atoms with E-state index >= 15 is 0 Å². The van der Waals surface area contributed by atoms with Crippen LogP contribution in [-0.2, 0) is 5.54 Å². The predicted octanol–water partition coefficient (Wildman–Crippen LogP) is 8.17. The fraction of sp³-hybridized carbons (Fsp3) is 0.345. The normalized spacial score (nSPS) is 12.3. The fourth-order valence-corrected chi connectivity index (χ4v) is 3.72. The molecule has 31 heavy (non-hydrogen) atoms. The summed E-state index contributed by atoms with van der Waals surface area (Å²) in [5, 5.41) is 0. The van der Waals surface area contributed by atoms with E-state index in [1.807, 2.05) is 122 Å². The number of hydrogen-bond acceptors (Lipinski definition) is 1. The van der Waals surface area contributed by atoms with Crippen LogP contribution in [0.4, 0.5) is 0 Å². The monoisotopic (exact) mass is 419 g/mol. The molecular formula is C29H41NO. The van der Waals surface area contributed by atoms with Gasteiger partial charge in [-0.05, 0) is 22.8 Å². The SMILES string of the molecule is CC.CC.CC.CC.CN1C(=O)c2ccccc2C1(c1ccccc1)c1ccccc1. The van der Waals surface area contributed by atoms with Gasteiger partial charge in [-0.15, -0.1) is 0 Å². The Bertz CT molecular complexity index is 817. The summed E-state index contributed by atoms with van der Waals surface area (Å²) < 4.78 is 0. The van der Waals surface area contributed by atoms with Gasteiger partial charge in [-0.1, -0.05) is 134 Å². The zero-order chi connectivity index (χ0) is 23.9.